The highest BCUT2D eigenvalue weighted by Gasteiger charge is 2.18. The molecule has 0 aliphatic carbocycles. The molecule has 70 valence electrons. The van der Waals surface area contributed by atoms with Crippen LogP contribution in [0.15, 0.2) is 18.2 Å². The van der Waals surface area contributed by atoms with E-state index in [0.717, 1.165) is 18.8 Å². The monoisotopic (exact) mass is 177 g/mol. The fraction of sp³-hybridized carbons (Fsp3) is 0.455. The van der Waals surface area contributed by atoms with Crippen molar-refractivity contribution in [3.8, 4) is 5.75 Å². The quantitative estimate of drug-likeness (QED) is 0.741. The van der Waals surface area contributed by atoms with E-state index in [1.807, 2.05) is 12.1 Å². The maximum Gasteiger partial charge on any atom is 0.123 e. The molecule has 1 aliphatic rings. The number of benzene rings is 1. The minimum atomic E-state index is 0.375. The van der Waals surface area contributed by atoms with Gasteiger partial charge in [-0.25, -0.2) is 0 Å². The van der Waals surface area contributed by atoms with E-state index in [2.05, 4.69) is 25.2 Å². The van der Waals surface area contributed by atoms with Gasteiger partial charge in [0.05, 0.1) is 0 Å². The van der Waals surface area contributed by atoms with Crippen molar-refractivity contribution < 1.29 is 4.74 Å². The molecular weight excluding hydrogens is 162 g/mol. The van der Waals surface area contributed by atoms with Crippen LogP contribution in [0.3, 0.4) is 0 Å². The van der Waals surface area contributed by atoms with Crippen molar-refractivity contribution in [2.75, 3.05) is 13.1 Å². The third kappa shape index (κ3) is 1.68. The van der Waals surface area contributed by atoms with Crippen molar-refractivity contribution >= 4 is 0 Å². The number of aryl methyl sites for hydroxylation is 1. The number of hydrogen-bond donors (Lipinski definition) is 1. The number of ether oxygens (including phenoxy) is 1. The first-order chi connectivity index (χ1) is 6.27. The third-order valence-corrected chi connectivity index (χ3v) is 2.59. The van der Waals surface area contributed by atoms with Crippen molar-refractivity contribution in [3.05, 3.63) is 29.3 Å². The van der Waals surface area contributed by atoms with Crippen LogP contribution in [0, 0.1) is 13.8 Å². The minimum absolute atomic E-state index is 0.375. The molecule has 0 spiro atoms. The van der Waals surface area contributed by atoms with Crippen LogP contribution in [0.1, 0.15) is 11.1 Å². The SMILES string of the molecule is Cc1cccc(OC2CNC2)c1C. The van der Waals surface area contributed by atoms with Gasteiger partial charge in [0.2, 0.25) is 0 Å². The van der Waals surface area contributed by atoms with Gasteiger partial charge in [-0.2, -0.15) is 0 Å². The molecule has 0 amide bonds. The number of nitrogens with one attached hydrogen (secondary N) is 1. The first-order valence-electron chi connectivity index (χ1n) is 4.71. The zero-order valence-electron chi connectivity index (χ0n) is 8.13. The Hall–Kier alpha value is -1.02. The van der Waals surface area contributed by atoms with E-state index in [1.165, 1.54) is 11.1 Å². The van der Waals surface area contributed by atoms with E-state index in [9.17, 15) is 0 Å². The lowest BCUT2D eigenvalue weighted by Crippen LogP contribution is -2.50. The lowest BCUT2D eigenvalue weighted by atomic mass is 10.1. The summed E-state index contributed by atoms with van der Waals surface area (Å²) in [6, 6.07) is 6.20. The second kappa shape index (κ2) is 3.38. The summed E-state index contributed by atoms with van der Waals surface area (Å²) in [6.07, 6.45) is 0.375. The molecule has 1 fully saturated rings. The Balaban J connectivity index is 2.14. The Bertz CT molecular complexity index is 305. The van der Waals surface area contributed by atoms with Gasteiger partial charge in [-0.15, -0.1) is 0 Å². The second-order valence-corrected chi connectivity index (χ2v) is 3.60. The van der Waals surface area contributed by atoms with Crippen LogP contribution >= 0.6 is 0 Å². The third-order valence-electron chi connectivity index (χ3n) is 2.59. The summed E-state index contributed by atoms with van der Waals surface area (Å²) in [6.45, 7) is 6.18. The van der Waals surface area contributed by atoms with Crippen LogP contribution in [-0.4, -0.2) is 19.2 Å². The molecule has 1 N–H and O–H groups in total. The average molecular weight is 177 g/mol. The normalized spacial score (nSPS) is 16.8. The van der Waals surface area contributed by atoms with Crippen LogP contribution in [0.5, 0.6) is 5.75 Å². The van der Waals surface area contributed by atoms with E-state index < -0.39 is 0 Å². The predicted molar refractivity (Wildman–Crippen MR) is 53.2 cm³/mol. The molecule has 0 bridgehead atoms. The van der Waals surface area contributed by atoms with Crippen molar-refractivity contribution in [1.82, 2.24) is 5.32 Å². The van der Waals surface area contributed by atoms with E-state index in [0.29, 0.717) is 6.10 Å². The van der Waals surface area contributed by atoms with Crippen LogP contribution in [-0.2, 0) is 0 Å². The molecule has 1 aliphatic heterocycles. The summed E-state index contributed by atoms with van der Waals surface area (Å²) in [7, 11) is 0. The molecule has 2 heteroatoms. The highest BCUT2D eigenvalue weighted by Crippen LogP contribution is 2.22. The molecule has 13 heavy (non-hydrogen) atoms. The van der Waals surface area contributed by atoms with Gasteiger partial charge in [0.25, 0.3) is 0 Å². The zero-order valence-corrected chi connectivity index (χ0v) is 8.13. The Kier molecular flexibility index (Phi) is 2.23. The van der Waals surface area contributed by atoms with Gasteiger partial charge < -0.3 is 10.1 Å². The largest absolute Gasteiger partial charge is 0.487 e. The molecule has 0 radical (unpaired) electrons. The maximum atomic E-state index is 5.80. The van der Waals surface area contributed by atoms with Crippen LogP contribution in [0.2, 0.25) is 0 Å². The van der Waals surface area contributed by atoms with Gasteiger partial charge >= 0.3 is 0 Å². The van der Waals surface area contributed by atoms with Gasteiger partial charge in [0.15, 0.2) is 0 Å². The predicted octanol–water partition coefficient (Wildman–Crippen LogP) is 1.65. The maximum absolute atomic E-state index is 5.80. The Morgan fingerprint density at radius 3 is 2.69 bits per heavy atom. The zero-order chi connectivity index (χ0) is 9.26. The molecule has 2 nitrogen and oxygen atoms in total. The Labute approximate surface area is 78.9 Å². The Morgan fingerprint density at radius 2 is 2.08 bits per heavy atom. The van der Waals surface area contributed by atoms with E-state index in [1.54, 1.807) is 0 Å². The summed E-state index contributed by atoms with van der Waals surface area (Å²) in [5, 5.41) is 3.19. The lowest BCUT2D eigenvalue weighted by Gasteiger charge is -2.28. The molecule has 1 aromatic rings. The molecule has 1 saturated heterocycles. The molecule has 1 aromatic carbocycles. The average Bonchev–Trinajstić information content (AvgIpc) is 2.04. The first kappa shape index (κ1) is 8.57. The molecule has 0 atom stereocenters. The summed E-state index contributed by atoms with van der Waals surface area (Å²) in [4.78, 5) is 0. The van der Waals surface area contributed by atoms with Gasteiger partial charge in [-0.1, -0.05) is 12.1 Å². The number of hydrogen-bond acceptors (Lipinski definition) is 2. The van der Waals surface area contributed by atoms with Gasteiger partial charge in [-0.05, 0) is 31.0 Å². The summed E-state index contributed by atoms with van der Waals surface area (Å²) in [5.41, 5.74) is 2.55. The first-order valence-corrected chi connectivity index (χ1v) is 4.71. The van der Waals surface area contributed by atoms with Crippen molar-refractivity contribution in [1.29, 1.82) is 0 Å². The van der Waals surface area contributed by atoms with E-state index in [-0.39, 0.29) is 0 Å². The smallest absolute Gasteiger partial charge is 0.123 e. The highest BCUT2D eigenvalue weighted by atomic mass is 16.5. The molecule has 0 saturated carbocycles. The van der Waals surface area contributed by atoms with E-state index >= 15 is 0 Å². The molecule has 2 rings (SSSR count). The fourth-order valence-electron chi connectivity index (χ4n) is 1.38. The van der Waals surface area contributed by atoms with Crippen LogP contribution in [0.4, 0.5) is 0 Å². The minimum Gasteiger partial charge on any atom is -0.487 e. The summed E-state index contributed by atoms with van der Waals surface area (Å²) in [5.74, 6) is 1.03. The number of rotatable bonds is 2. The molecule has 1 heterocycles. The topological polar surface area (TPSA) is 21.3 Å². The van der Waals surface area contributed by atoms with Crippen molar-refractivity contribution in [2.45, 2.75) is 20.0 Å². The molecule has 0 aromatic heterocycles. The van der Waals surface area contributed by atoms with Gasteiger partial charge in [0, 0.05) is 13.1 Å². The second-order valence-electron chi connectivity index (χ2n) is 3.60. The molecular formula is C11H15NO. The highest BCUT2D eigenvalue weighted by molar-refractivity contribution is 5.38. The van der Waals surface area contributed by atoms with Crippen LogP contribution in [0.25, 0.3) is 0 Å². The fourth-order valence-corrected chi connectivity index (χ4v) is 1.38. The summed E-state index contributed by atoms with van der Waals surface area (Å²) < 4.78 is 5.80. The Morgan fingerprint density at radius 1 is 1.31 bits per heavy atom. The van der Waals surface area contributed by atoms with Gasteiger partial charge in [-0.3, -0.25) is 0 Å². The van der Waals surface area contributed by atoms with E-state index in [4.69, 9.17) is 4.74 Å². The van der Waals surface area contributed by atoms with Crippen molar-refractivity contribution in [2.24, 2.45) is 0 Å². The van der Waals surface area contributed by atoms with Crippen molar-refractivity contribution in [3.63, 3.8) is 0 Å². The van der Waals surface area contributed by atoms with Gasteiger partial charge in [0.1, 0.15) is 11.9 Å². The standard InChI is InChI=1S/C11H15NO/c1-8-4-3-5-11(9(8)2)13-10-6-12-7-10/h3-5,10,12H,6-7H2,1-2H3. The lowest BCUT2D eigenvalue weighted by molar-refractivity contribution is 0.141. The van der Waals surface area contributed by atoms with Crippen LogP contribution < -0.4 is 10.1 Å². The summed E-state index contributed by atoms with van der Waals surface area (Å²) >= 11 is 0. The molecule has 0 unspecified atom stereocenters.